The molecule has 0 aliphatic heterocycles. The first kappa shape index (κ1) is 10.6. The van der Waals surface area contributed by atoms with E-state index in [1.54, 1.807) is 13.1 Å². The molecule has 1 aromatic rings. The van der Waals surface area contributed by atoms with E-state index in [9.17, 15) is 4.79 Å². The molecule has 0 unspecified atom stereocenters. The van der Waals surface area contributed by atoms with Gasteiger partial charge in [0.2, 0.25) is 0 Å². The summed E-state index contributed by atoms with van der Waals surface area (Å²) >= 11 is 0. The molecule has 78 valence electrons. The summed E-state index contributed by atoms with van der Waals surface area (Å²) in [6, 6.07) is 1.66. The molecular weight excluding hydrogens is 180 g/mol. The van der Waals surface area contributed by atoms with Gasteiger partial charge in [-0.05, 0) is 6.42 Å². The average Bonchev–Trinajstić information content (AvgIpc) is 2.47. The van der Waals surface area contributed by atoms with Crippen molar-refractivity contribution in [2.24, 2.45) is 12.8 Å². The lowest BCUT2D eigenvalue weighted by atomic mass is 10.3. The highest BCUT2D eigenvalue weighted by Crippen LogP contribution is 2.07. The minimum atomic E-state index is -0.455. The van der Waals surface area contributed by atoms with Gasteiger partial charge < -0.3 is 11.1 Å². The molecule has 5 heteroatoms. The number of hydrogen-bond donors (Lipinski definition) is 2. The monoisotopic (exact) mass is 196 g/mol. The molecule has 1 rings (SSSR count). The largest absolute Gasteiger partial charge is 0.369 e. The van der Waals surface area contributed by atoms with Gasteiger partial charge in [-0.25, -0.2) is 0 Å². The van der Waals surface area contributed by atoms with Gasteiger partial charge in [0.15, 0.2) is 0 Å². The molecule has 3 N–H and O–H groups in total. The van der Waals surface area contributed by atoms with Crippen LogP contribution in [0.3, 0.4) is 0 Å². The van der Waals surface area contributed by atoms with Gasteiger partial charge in [0.05, 0.1) is 0 Å². The van der Waals surface area contributed by atoms with Crippen LogP contribution in [-0.4, -0.2) is 22.2 Å². The second-order valence-electron chi connectivity index (χ2n) is 3.18. The van der Waals surface area contributed by atoms with Crippen molar-refractivity contribution in [2.45, 2.75) is 19.8 Å². The fourth-order valence-corrected chi connectivity index (χ4v) is 1.18. The lowest BCUT2D eigenvalue weighted by molar-refractivity contribution is 0.0991. The van der Waals surface area contributed by atoms with Crippen LogP contribution in [0.15, 0.2) is 6.07 Å². The average molecular weight is 196 g/mol. The van der Waals surface area contributed by atoms with Crippen LogP contribution in [0.4, 0.5) is 5.82 Å². The molecule has 0 bridgehead atoms. The number of aromatic nitrogens is 2. The maximum absolute atomic E-state index is 10.9. The van der Waals surface area contributed by atoms with Gasteiger partial charge in [0.25, 0.3) is 5.91 Å². The van der Waals surface area contributed by atoms with Crippen molar-refractivity contribution >= 4 is 11.7 Å². The molecule has 0 aromatic carbocycles. The van der Waals surface area contributed by atoms with E-state index in [0.29, 0.717) is 11.5 Å². The Balaban J connectivity index is 2.62. The number of amides is 1. The molecule has 0 radical (unpaired) electrons. The van der Waals surface area contributed by atoms with E-state index < -0.39 is 5.91 Å². The number of primary amides is 1. The summed E-state index contributed by atoms with van der Waals surface area (Å²) in [7, 11) is 1.70. The SMILES string of the molecule is CCCCNc1cc(C(N)=O)n(C)n1. The number of aryl methyl sites for hydroxylation is 1. The van der Waals surface area contributed by atoms with E-state index in [1.165, 1.54) is 4.68 Å². The molecule has 1 aromatic heterocycles. The predicted molar refractivity (Wildman–Crippen MR) is 55.1 cm³/mol. The fourth-order valence-electron chi connectivity index (χ4n) is 1.18. The van der Waals surface area contributed by atoms with E-state index in [4.69, 9.17) is 5.73 Å². The zero-order chi connectivity index (χ0) is 10.6. The molecule has 14 heavy (non-hydrogen) atoms. The molecule has 0 spiro atoms. The molecule has 1 amide bonds. The highest BCUT2D eigenvalue weighted by molar-refractivity contribution is 5.91. The molecule has 1 heterocycles. The lowest BCUT2D eigenvalue weighted by Gasteiger charge is -1.98. The number of carbonyl (C=O) groups is 1. The molecule has 0 aliphatic rings. The highest BCUT2D eigenvalue weighted by Gasteiger charge is 2.08. The third-order valence-electron chi connectivity index (χ3n) is 1.97. The quantitative estimate of drug-likeness (QED) is 0.682. The highest BCUT2D eigenvalue weighted by atomic mass is 16.1. The topological polar surface area (TPSA) is 72.9 Å². The standard InChI is InChI=1S/C9H16N4O/c1-3-4-5-11-8-6-7(9(10)14)13(2)12-8/h6H,3-5H2,1-2H3,(H2,10,14)(H,11,12). The third-order valence-corrected chi connectivity index (χ3v) is 1.97. The number of unbranched alkanes of at least 4 members (excludes halogenated alkanes) is 1. The van der Waals surface area contributed by atoms with Gasteiger partial charge in [-0.3, -0.25) is 9.48 Å². The van der Waals surface area contributed by atoms with E-state index in [-0.39, 0.29) is 0 Å². The molecule has 0 saturated heterocycles. The number of anilines is 1. The lowest BCUT2D eigenvalue weighted by Crippen LogP contribution is -2.15. The Bertz CT molecular complexity index is 319. The van der Waals surface area contributed by atoms with E-state index >= 15 is 0 Å². The van der Waals surface area contributed by atoms with E-state index in [2.05, 4.69) is 17.3 Å². The van der Waals surface area contributed by atoms with Crippen molar-refractivity contribution < 1.29 is 4.79 Å². The first-order valence-electron chi connectivity index (χ1n) is 4.73. The molecule has 5 nitrogen and oxygen atoms in total. The van der Waals surface area contributed by atoms with Gasteiger partial charge in [-0.1, -0.05) is 13.3 Å². The van der Waals surface area contributed by atoms with E-state index in [1.807, 2.05) is 0 Å². The summed E-state index contributed by atoms with van der Waals surface area (Å²) in [5, 5.41) is 7.23. The van der Waals surface area contributed by atoms with Crippen LogP contribution in [-0.2, 0) is 7.05 Å². The Morgan fingerprint density at radius 2 is 2.43 bits per heavy atom. The van der Waals surface area contributed by atoms with Crippen molar-refractivity contribution in [3.8, 4) is 0 Å². The van der Waals surface area contributed by atoms with Crippen molar-refractivity contribution in [3.63, 3.8) is 0 Å². The second-order valence-corrected chi connectivity index (χ2v) is 3.18. The van der Waals surface area contributed by atoms with Gasteiger partial charge in [0, 0.05) is 19.7 Å². The van der Waals surface area contributed by atoms with Gasteiger partial charge in [-0.15, -0.1) is 0 Å². The van der Waals surface area contributed by atoms with Crippen LogP contribution in [0.2, 0.25) is 0 Å². The molecule has 0 aliphatic carbocycles. The normalized spacial score (nSPS) is 10.1. The molecule has 0 saturated carbocycles. The predicted octanol–water partition coefficient (Wildman–Crippen LogP) is 0.731. The Morgan fingerprint density at radius 3 is 2.93 bits per heavy atom. The first-order valence-corrected chi connectivity index (χ1v) is 4.73. The number of rotatable bonds is 5. The molecule has 0 atom stereocenters. The van der Waals surface area contributed by atoms with Crippen LogP contribution in [0, 0.1) is 0 Å². The van der Waals surface area contributed by atoms with Crippen LogP contribution >= 0.6 is 0 Å². The van der Waals surface area contributed by atoms with Crippen molar-refractivity contribution in [1.82, 2.24) is 9.78 Å². The summed E-state index contributed by atoms with van der Waals surface area (Å²) in [6.45, 7) is 2.99. The minimum absolute atomic E-state index is 0.420. The summed E-state index contributed by atoms with van der Waals surface area (Å²) in [4.78, 5) is 10.9. The Morgan fingerprint density at radius 1 is 1.71 bits per heavy atom. The second kappa shape index (κ2) is 4.64. The van der Waals surface area contributed by atoms with Crippen LogP contribution in [0.5, 0.6) is 0 Å². The smallest absolute Gasteiger partial charge is 0.267 e. The Labute approximate surface area is 83.3 Å². The fraction of sp³-hybridized carbons (Fsp3) is 0.556. The van der Waals surface area contributed by atoms with Crippen molar-refractivity contribution in [2.75, 3.05) is 11.9 Å². The maximum atomic E-state index is 10.9. The maximum Gasteiger partial charge on any atom is 0.267 e. The van der Waals surface area contributed by atoms with E-state index in [0.717, 1.165) is 19.4 Å². The van der Waals surface area contributed by atoms with Crippen LogP contribution in [0.1, 0.15) is 30.3 Å². The molecule has 0 fully saturated rings. The number of nitrogens with one attached hydrogen (secondary N) is 1. The minimum Gasteiger partial charge on any atom is -0.369 e. The number of nitrogens with zero attached hydrogens (tertiary/aromatic N) is 2. The van der Waals surface area contributed by atoms with Crippen LogP contribution < -0.4 is 11.1 Å². The van der Waals surface area contributed by atoms with Crippen molar-refractivity contribution in [3.05, 3.63) is 11.8 Å². The third kappa shape index (κ3) is 2.48. The summed E-state index contributed by atoms with van der Waals surface area (Å²) in [5.74, 6) is 0.248. The summed E-state index contributed by atoms with van der Waals surface area (Å²) in [6.07, 6.45) is 2.21. The molecular formula is C9H16N4O. The number of nitrogens with two attached hydrogens (primary N) is 1. The number of carbonyl (C=O) groups excluding carboxylic acids is 1. The summed E-state index contributed by atoms with van der Waals surface area (Å²) in [5.41, 5.74) is 5.58. The Kier molecular flexibility index (Phi) is 3.50. The zero-order valence-electron chi connectivity index (χ0n) is 8.58. The van der Waals surface area contributed by atoms with Crippen LogP contribution in [0.25, 0.3) is 0 Å². The summed E-state index contributed by atoms with van der Waals surface area (Å²) < 4.78 is 1.48. The van der Waals surface area contributed by atoms with Gasteiger partial charge in [0.1, 0.15) is 11.5 Å². The number of hydrogen-bond acceptors (Lipinski definition) is 3. The van der Waals surface area contributed by atoms with Gasteiger partial charge >= 0.3 is 0 Å². The van der Waals surface area contributed by atoms with Crippen molar-refractivity contribution in [1.29, 1.82) is 0 Å². The zero-order valence-corrected chi connectivity index (χ0v) is 8.58. The first-order chi connectivity index (χ1) is 6.65. The van der Waals surface area contributed by atoms with Gasteiger partial charge in [-0.2, -0.15) is 5.10 Å². The Hall–Kier alpha value is -1.52.